The third-order valence-electron chi connectivity index (χ3n) is 2.16. The van der Waals surface area contributed by atoms with Gasteiger partial charge in [-0.15, -0.1) is 0 Å². The Morgan fingerprint density at radius 1 is 1.38 bits per heavy atom. The Morgan fingerprint density at radius 2 is 2.12 bits per heavy atom. The number of ether oxygens (including phenoxy) is 1. The molecule has 16 heavy (non-hydrogen) atoms. The zero-order valence-electron chi connectivity index (χ0n) is 10.0. The van der Waals surface area contributed by atoms with E-state index in [1.165, 1.54) is 0 Å². The van der Waals surface area contributed by atoms with Gasteiger partial charge in [0.1, 0.15) is 0 Å². The maximum absolute atomic E-state index is 5.15. The van der Waals surface area contributed by atoms with Crippen LogP contribution in [0.15, 0.2) is 6.07 Å². The summed E-state index contributed by atoms with van der Waals surface area (Å²) in [6, 6.07) is 1.84. The van der Waals surface area contributed by atoms with Crippen LogP contribution in [-0.2, 0) is 0 Å². The Kier molecular flexibility index (Phi) is 5.52. The van der Waals surface area contributed by atoms with E-state index >= 15 is 0 Å². The number of aryl methyl sites for hydroxylation is 1. The number of anilines is 1. The zero-order valence-corrected chi connectivity index (χ0v) is 11.6. The SMILES string of the molecule is CCCN(CCBr)c1nc(C)cc(OC)n1. The molecule has 0 radical (unpaired) electrons. The highest BCUT2D eigenvalue weighted by molar-refractivity contribution is 9.09. The third kappa shape index (κ3) is 3.63. The molecule has 0 aromatic carbocycles. The van der Waals surface area contributed by atoms with E-state index in [1.54, 1.807) is 7.11 Å². The first-order valence-electron chi connectivity index (χ1n) is 5.41. The highest BCUT2D eigenvalue weighted by atomic mass is 79.9. The van der Waals surface area contributed by atoms with Gasteiger partial charge in [0.2, 0.25) is 11.8 Å². The topological polar surface area (TPSA) is 38.2 Å². The van der Waals surface area contributed by atoms with Gasteiger partial charge in [0.15, 0.2) is 0 Å². The Labute approximate surface area is 105 Å². The second kappa shape index (κ2) is 6.68. The molecule has 4 nitrogen and oxygen atoms in total. The summed E-state index contributed by atoms with van der Waals surface area (Å²) in [5.74, 6) is 1.37. The fraction of sp³-hybridized carbons (Fsp3) is 0.636. The lowest BCUT2D eigenvalue weighted by atomic mass is 10.4. The van der Waals surface area contributed by atoms with E-state index in [0.717, 1.165) is 36.5 Å². The van der Waals surface area contributed by atoms with E-state index in [-0.39, 0.29) is 0 Å². The van der Waals surface area contributed by atoms with E-state index in [2.05, 4.69) is 37.7 Å². The first kappa shape index (κ1) is 13.2. The van der Waals surface area contributed by atoms with Crippen molar-refractivity contribution in [3.63, 3.8) is 0 Å². The van der Waals surface area contributed by atoms with E-state index in [1.807, 2.05) is 13.0 Å². The monoisotopic (exact) mass is 287 g/mol. The van der Waals surface area contributed by atoms with Gasteiger partial charge in [-0.25, -0.2) is 4.98 Å². The van der Waals surface area contributed by atoms with Crippen LogP contribution in [0.4, 0.5) is 5.95 Å². The lowest BCUT2D eigenvalue weighted by molar-refractivity contribution is 0.396. The van der Waals surface area contributed by atoms with Crippen molar-refractivity contribution in [1.82, 2.24) is 9.97 Å². The van der Waals surface area contributed by atoms with Crippen LogP contribution in [0.2, 0.25) is 0 Å². The number of hydrogen-bond donors (Lipinski definition) is 0. The van der Waals surface area contributed by atoms with Gasteiger partial charge in [0.25, 0.3) is 0 Å². The quantitative estimate of drug-likeness (QED) is 0.753. The van der Waals surface area contributed by atoms with Gasteiger partial charge in [-0.05, 0) is 13.3 Å². The largest absolute Gasteiger partial charge is 0.481 e. The van der Waals surface area contributed by atoms with Crippen LogP contribution in [-0.4, -0.2) is 35.5 Å². The molecule has 0 atom stereocenters. The molecule has 0 saturated heterocycles. The van der Waals surface area contributed by atoms with Crippen molar-refractivity contribution in [3.8, 4) is 5.88 Å². The first-order chi connectivity index (χ1) is 7.71. The summed E-state index contributed by atoms with van der Waals surface area (Å²) in [5, 5.41) is 0.909. The van der Waals surface area contributed by atoms with Crippen LogP contribution in [0.25, 0.3) is 0 Å². The summed E-state index contributed by atoms with van der Waals surface area (Å²) in [7, 11) is 1.63. The summed E-state index contributed by atoms with van der Waals surface area (Å²) < 4.78 is 5.15. The summed E-state index contributed by atoms with van der Waals surface area (Å²) in [6.07, 6.45) is 1.08. The standard InChI is InChI=1S/C11H18BrN3O/c1-4-6-15(7-5-12)11-13-9(2)8-10(14-11)16-3/h8H,4-7H2,1-3H3. The molecule has 0 fully saturated rings. The summed E-state index contributed by atoms with van der Waals surface area (Å²) in [4.78, 5) is 11.0. The van der Waals surface area contributed by atoms with Crippen LogP contribution < -0.4 is 9.64 Å². The zero-order chi connectivity index (χ0) is 12.0. The molecule has 0 aliphatic rings. The van der Waals surface area contributed by atoms with Crippen molar-refractivity contribution >= 4 is 21.9 Å². The van der Waals surface area contributed by atoms with Gasteiger partial charge in [0, 0.05) is 30.2 Å². The maximum Gasteiger partial charge on any atom is 0.228 e. The van der Waals surface area contributed by atoms with E-state index in [9.17, 15) is 0 Å². The Hall–Kier alpha value is -0.840. The second-order valence-corrected chi connectivity index (χ2v) is 4.32. The molecule has 0 bridgehead atoms. The fourth-order valence-corrected chi connectivity index (χ4v) is 1.88. The second-order valence-electron chi connectivity index (χ2n) is 3.53. The molecule has 0 spiro atoms. The molecule has 0 aliphatic heterocycles. The molecule has 0 saturated carbocycles. The average molecular weight is 288 g/mol. The number of hydrogen-bond acceptors (Lipinski definition) is 4. The molecule has 0 aliphatic carbocycles. The van der Waals surface area contributed by atoms with Crippen molar-refractivity contribution in [3.05, 3.63) is 11.8 Å². The number of alkyl halides is 1. The summed E-state index contributed by atoms with van der Waals surface area (Å²) >= 11 is 3.44. The number of halogens is 1. The predicted octanol–water partition coefficient (Wildman–Crippen LogP) is 2.40. The molecular weight excluding hydrogens is 270 g/mol. The van der Waals surface area contributed by atoms with Crippen LogP contribution in [0.5, 0.6) is 5.88 Å². The predicted molar refractivity (Wildman–Crippen MR) is 69.6 cm³/mol. The van der Waals surface area contributed by atoms with Crippen molar-refractivity contribution in [2.24, 2.45) is 0 Å². The lowest BCUT2D eigenvalue weighted by Gasteiger charge is -2.21. The maximum atomic E-state index is 5.15. The molecule has 0 unspecified atom stereocenters. The normalized spacial score (nSPS) is 10.2. The molecule has 1 aromatic rings. The molecule has 1 aromatic heterocycles. The number of methoxy groups -OCH3 is 1. The van der Waals surface area contributed by atoms with Crippen molar-refractivity contribution in [2.45, 2.75) is 20.3 Å². The Bertz CT molecular complexity index is 327. The van der Waals surface area contributed by atoms with Crippen LogP contribution in [0.3, 0.4) is 0 Å². The molecule has 90 valence electrons. The molecule has 1 rings (SSSR count). The Morgan fingerprint density at radius 3 is 2.69 bits per heavy atom. The number of rotatable bonds is 6. The van der Waals surface area contributed by atoms with Crippen LogP contribution >= 0.6 is 15.9 Å². The first-order valence-corrected chi connectivity index (χ1v) is 6.54. The Balaban J connectivity index is 2.93. The van der Waals surface area contributed by atoms with E-state index < -0.39 is 0 Å². The van der Waals surface area contributed by atoms with Gasteiger partial charge >= 0.3 is 0 Å². The summed E-state index contributed by atoms with van der Waals surface area (Å²) in [6.45, 7) is 5.96. The highest BCUT2D eigenvalue weighted by Gasteiger charge is 2.10. The van der Waals surface area contributed by atoms with E-state index in [4.69, 9.17) is 4.74 Å². The molecular formula is C11H18BrN3O. The number of nitrogens with zero attached hydrogens (tertiary/aromatic N) is 3. The highest BCUT2D eigenvalue weighted by Crippen LogP contribution is 2.15. The molecule has 1 heterocycles. The smallest absolute Gasteiger partial charge is 0.228 e. The van der Waals surface area contributed by atoms with Crippen molar-refractivity contribution in [2.75, 3.05) is 30.4 Å². The third-order valence-corrected chi connectivity index (χ3v) is 2.51. The van der Waals surface area contributed by atoms with Gasteiger partial charge in [-0.3, -0.25) is 0 Å². The summed E-state index contributed by atoms with van der Waals surface area (Å²) in [5.41, 5.74) is 0.928. The lowest BCUT2D eigenvalue weighted by Crippen LogP contribution is -2.28. The molecule has 0 amide bonds. The van der Waals surface area contributed by atoms with E-state index in [0.29, 0.717) is 5.88 Å². The van der Waals surface area contributed by atoms with Gasteiger partial charge < -0.3 is 9.64 Å². The number of aromatic nitrogens is 2. The van der Waals surface area contributed by atoms with Crippen molar-refractivity contribution in [1.29, 1.82) is 0 Å². The molecule has 0 N–H and O–H groups in total. The minimum Gasteiger partial charge on any atom is -0.481 e. The minimum atomic E-state index is 0.623. The molecule has 5 heteroatoms. The minimum absolute atomic E-state index is 0.623. The van der Waals surface area contributed by atoms with Gasteiger partial charge in [-0.2, -0.15) is 4.98 Å². The average Bonchev–Trinajstić information content (AvgIpc) is 2.28. The van der Waals surface area contributed by atoms with Gasteiger partial charge in [0.05, 0.1) is 7.11 Å². The van der Waals surface area contributed by atoms with Crippen LogP contribution in [0, 0.1) is 6.92 Å². The van der Waals surface area contributed by atoms with Crippen molar-refractivity contribution < 1.29 is 4.74 Å². The fourth-order valence-electron chi connectivity index (χ4n) is 1.45. The van der Waals surface area contributed by atoms with Gasteiger partial charge in [-0.1, -0.05) is 22.9 Å². The van der Waals surface area contributed by atoms with Crippen LogP contribution in [0.1, 0.15) is 19.0 Å².